The Morgan fingerprint density at radius 1 is 1.50 bits per heavy atom. The lowest BCUT2D eigenvalue weighted by atomic mass is 10.1. The number of aryl methyl sites for hydroxylation is 2. The molecule has 0 spiro atoms. The number of aliphatic hydroxyl groups is 1. The van der Waals surface area contributed by atoms with E-state index in [2.05, 4.69) is 11.1 Å². The monoisotopic (exact) mass is 165 g/mol. The van der Waals surface area contributed by atoms with Crippen molar-refractivity contribution < 1.29 is 5.11 Å². The number of hydrogen-bond acceptors (Lipinski definition) is 2. The van der Waals surface area contributed by atoms with Crippen LogP contribution in [0.3, 0.4) is 0 Å². The van der Waals surface area contributed by atoms with Crippen LogP contribution in [0.15, 0.2) is 18.3 Å². The third-order valence-corrected chi connectivity index (χ3v) is 1.82. The molecule has 0 radical (unpaired) electrons. The molecular formula is C10H15NO. The van der Waals surface area contributed by atoms with E-state index in [0.717, 1.165) is 18.5 Å². The number of pyridine rings is 1. The Labute approximate surface area is 73.3 Å². The van der Waals surface area contributed by atoms with Crippen LogP contribution >= 0.6 is 0 Å². The Morgan fingerprint density at radius 3 is 2.75 bits per heavy atom. The minimum Gasteiger partial charge on any atom is -0.393 e. The van der Waals surface area contributed by atoms with Crippen LogP contribution in [-0.4, -0.2) is 16.2 Å². The Balaban J connectivity index is 2.48. The molecule has 2 heteroatoms. The fourth-order valence-electron chi connectivity index (χ4n) is 1.02. The van der Waals surface area contributed by atoms with Gasteiger partial charge in [-0.1, -0.05) is 6.07 Å². The average molecular weight is 165 g/mol. The molecule has 0 saturated heterocycles. The van der Waals surface area contributed by atoms with Crippen LogP contribution in [0.25, 0.3) is 0 Å². The van der Waals surface area contributed by atoms with Gasteiger partial charge in [0.25, 0.3) is 0 Å². The lowest BCUT2D eigenvalue weighted by Crippen LogP contribution is -2.01. The molecule has 0 aliphatic carbocycles. The highest BCUT2D eigenvalue weighted by atomic mass is 16.3. The molecule has 1 aromatic rings. The van der Waals surface area contributed by atoms with Crippen molar-refractivity contribution in [3.05, 3.63) is 29.6 Å². The summed E-state index contributed by atoms with van der Waals surface area (Å²) in [5.41, 5.74) is 2.23. The minimum atomic E-state index is -0.216. The first-order valence-electron chi connectivity index (χ1n) is 4.28. The van der Waals surface area contributed by atoms with Crippen LogP contribution in [0.1, 0.15) is 24.6 Å². The number of hydrogen-bond donors (Lipinski definition) is 1. The van der Waals surface area contributed by atoms with Gasteiger partial charge in [-0.3, -0.25) is 4.98 Å². The van der Waals surface area contributed by atoms with E-state index >= 15 is 0 Å². The predicted octanol–water partition coefficient (Wildman–Crippen LogP) is 1.70. The van der Waals surface area contributed by atoms with E-state index in [1.165, 1.54) is 5.56 Å². The summed E-state index contributed by atoms with van der Waals surface area (Å²) < 4.78 is 0. The van der Waals surface area contributed by atoms with Crippen molar-refractivity contribution in [1.29, 1.82) is 0 Å². The van der Waals surface area contributed by atoms with Gasteiger partial charge in [-0.2, -0.15) is 0 Å². The summed E-state index contributed by atoms with van der Waals surface area (Å²) in [5.74, 6) is 0. The van der Waals surface area contributed by atoms with Gasteiger partial charge in [-0.25, -0.2) is 0 Å². The average Bonchev–Trinajstić information content (AvgIpc) is 2.03. The molecule has 0 aromatic carbocycles. The topological polar surface area (TPSA) is 33.1 Å². The molecule has 12 heavy (non-hydrogen) atoms. The van der Waals surface area contributed by atoms with Crippen molar-refractivity contribution in [2.24, 2.45) is 0 Å². The van der Waals surface area contributed by atoms with Gasteiger partial charge in [0.1, 0.15) is 0 Å². The van der Waals surface area contributed by atoms with Gasteiger partial charge in [-0.05, 0) is 38.3 Å². The summed E-state index contributed by atoms with van der Waals surface area (Å²) in [7, 11) is 0. The molecular weight excluding hydrogens is 150 g/mol. The van der Waals surface area contributed by atoms with Crippen LogP contribution in [0.5, 0.6) is 0 Å². The minimum absolute atomic E-state index is 0.216. The molecule has 0 aliphatic rings. The Morgan fingerprint density at radius 2 is 2.25 bits per heavy atom. The maximum atomic E-state index is 9.05. The van der Waals surface area contributed by atoms with E-state index in [4.69, 9.17) is 5.11 Å². The zero-order valence-corrected chi connectivity index (χ0v) is 7.62. The Kier molecular flexibility index (Phi) is 3.23. The third-order valence-electron chi connectivity index (χ3n) is 1.82. The Bertz CT molecular complexity index is 228. The fraction of sp³-hybridized carbons (Fsp3) is 0.500. The highest BCUT2D eigenvalue weighted by molar-refractivity contribution is 5.13. The molecule has 0 aliphatic heterocycles. The largest absolute Gasteiger partial charge is 0.393 e. The highest BCUT2D eigenvalue weighted by Crippen LogP contribution is 2.04. The van der Waals surface area contributed by atoms with Crippen molar-refractivity contribution in [3.8, 4) is 0 Å². The molecule has 0 fully saturated rings. The van der Waals surface area contributed by atoms with Crippen molar-refractivity contribution in [1.82, 2.24) is 4.98 Å². The molecule has 1 atom stereocenters. The maximum Gasteiger partial charge on any atom is 0.0515 e. The standard InChI is InChI=1S/C10H15NO/c1-8-3-5-10(7-11-8)6-4-9(2)12/h3,5,7,9,12H,4,6H2,1-2H3/t9-/m1/s1. The predicted molar refractivity (Wildman–Crippen MR) is 49.0 cm³/mol. The zero-order chi connectivity index (χ0) is 8.97. The first kappa shape index (κ1) is 9.20. The van der Waals surface area contributed by atoms with Crippen LogP contribution in [-0.2, 0) is 6.42 Å². The summed E-state index contributed by atoms with van der Waals surface area (Å²) >= 11 is 0. The van der Waals surface area contributed by atoms with E-state index in [1.807, 2.05) is 26.1 Å². The first-order chi connectivity index (χ1) is 5.68. The van der Waals surface area contributed by atoms with Crippen molar-refractivity contribution in [2.75, 3.05) is 0 Å². The van der Waals surface area contributed by atoms with E-state index < -0.39 is 0 Å². The summed E-state index contributed by atoms with van der Waals surface area (Å²) in [6.07, 6.45) is 3.37. The quantitative estimate of drug-likeness (QED) is 0.739. The molecule has 66 valence electrons. The van der Waals surface area contributed by atoms with Crippen LogP contribution in [0, 0.1) is 6.92 Å². The lowest BCUT2D eigenvalue weighted by Gasteiger charge is -2.03. The van der Waals surface area contributed by atoms with Gasteiger partial charge in [-0.15, -0.1) is 0 Å². The van der Waals surface area contributed by atoms with Gasteiger partial charge >= 0.3 is 0 Å². The van der Waals surface area contributed by atoms with Gasteiger partial charge in [0.05, 0.1) is 6.10 Å². The summed E-state index contributed by atoms with van der Waals surface area (Å²) in [6.45, 7) is 3.78. The van der Waals surface area contributed by atoms with Crippen molar-refractivity contribution in [2.45, 2.75) is 32.8 Å². The van der Waals surface area contributed by atoms with Crippen molar-refractivity contribution >= 4 is 0 Å². The second-order valence-corrected chi connectivity index (χ2v) is 3.20. The zero-order valence-electron chi connectivity index (χ0n) is 7.62. The van der Waals surface area contributed by atoms with Crippen LogP contribution < -0.4 is 0 Å². The number of rotatable bonds is 3. The SMILES string of the molecule is Cc1ccc(CC[C@@H](C)O)cn1. The third kappa shape index (κ3) is 3.01. The molecule has 1 aromatic heterocycles. The van der Waals surface area contributed by atoms with Gasteiger partial charge in [0.15, 0.2) is 0 Å². The molecule has 0 bridgehead atoms. The lowest BCUT2D eigenvalue weighted by molar-refractivity contribution is 0.185. The summed E-state index contributed by atoms with van der Waals surface area (Å²) in [5, 5.41) is 9.05. The smallest absolute Gasteiger partial charge is 0.0515 e. The molecule has 1 rings (SSSR count). The van der Waals surface area contributed by atoms with E-state index in [1.54, 1.807) is 0 Å². The first-order valence-corrected chi connectivity index (χ1v) is 4.28. The molecule has 1 N–H and O–H groups in total. The van der Waals surface area contributed by atoms with Crippen LogP contribution in [0.4, 0.5) is 0 Å². The summed E-state index contributed by atoms with van der Waals surface area (Å²) in [6, 6.07) is 4.06. The number of aromatic nitrogens is 1. The van der Waals surface area contributed by atoms with E-state index in [-0.39, 0.29) is 6.10 Å². The number of nitrogens with zero attached hydrogens (tertiary/aromatic N) is 1. The molecule has 0 saturated carbocycles. The molecule has 2 nitrogen and oxygen atoms in total. The molecule has 0 unspecified atom stereocenters. The Hall–Kier alpha value is -0.890. The molecule has 1 heterocycles. The van der Waals surface area contributed by atoms with Crippen molar-refractivity contribution in [3.63, 3.8) is 0 Å². The highest BCUT2D eigenvalue weighted by Gasteiger charge is 1.97. The van der Waals surface area contributed by atoms with Gasteiger partial charge < -0.3 is 5.11 Å². The second-order valence-electron chi connectivity index (χ2n) is 3.20. The second kappa shape index (κ2) is 4.21. The maximum absolute atomic E-state index is 9.05. The van der Waals surface area contributed by atoms with Gasteiger partial charge in [0, 0.05) is 11.9 Å². The summed E-state index contributed by atoms with van der Waals surface area (Å²) in [4.78, 5) is 4.18. The van der Waals surface area contributed by atoms with Crippen LogP contribution in [0.2, 0.25) is 0 Å². The normalized spacial score (nSPS) is 12.9. The number of aliphatic hydroxyl groups excluding tert-OH is 1. The van der Waals surface area contributed by atoms with Gasteiger partial charge in [0.2, 0.25) is 0 Å². The van der Waals surface area contributed by atoms with E-state index in [9.17, 15) is 0 Å². The van der Waals surface area contributed by atoms with E-state index in [0.29, 0.717) is 0 Å². The molecule has 0 amide bonds. The fourth-order valence-corrected chi connectivity index (χ4v) is 1.02.